The van der Waals surface area contributed by atoms with Crippen molar-refractivity contribution in [2.45, 2.75) is 18.8 Å². The summed E-state index contributed by atoms with van der Waals surface area (Å²) in [5, 5.41) is 0. The molecule has 0 aliphatic heterocycles. The summed E-state index contributed by atoms with van der Waals surface area (Å²) in [4.78, 5) is 4.45. The molecule has 0 saturated carbocycles. The molecule has 19 heavy (non-hydrogen) atoms. The summed E-state index contributed by atoms with van der Waals surface area (Å²) in [6.07, 6.45) is 1.24. The molecule has 0 saturated heterocycles. The average molecular weight is 366 g/mol. The summed E-state index contributed by atoms with van der Waals surface area (Å²) in [5.74, 6) is 1.00. The Morgan fingerprint density at radius 3 is 2.74 bits per heavy atom. The molecule has 2 aromatic rings. The standard InChI is InChI=1S/C12H14BrClN2O2S/c1-8(7-19(2,17)18)16-11-4-3-9(13)5-10(11)15-12(16)6-14/h3-5,8H,6-7H2,1-2H3. The molecule has 0 fully saturated rings. The fourth-order valence-corrected chi connectivity index (χ4v) is 3.78. The fourth-order valence-electron chi connectivity index (χ4n) is 2.22. The number of hydrogen-bond donors (Lipinski definition) is 0. The first kappa shape index (κ1) is 14.8. The zero-order chi connectivity index (χ0) is 14.2. The number of hydrogen-bond acceptors (Lipinski definition) is 3. The van der Waals surface area contributed by atoms with E-state index in [-0.39, 0.29) is 17.7 Å². The van der Waals surface area contributed by atoms with E-state index >= 15 is 0 Å². The smallest absolute Gasteiger partial charge is 0.149 e. The fraction of sp³-hybridized carbons (Fsp3) is 0.417. The minimum absolute atomic E-state index is 0.0679. The monoisotopic (exact) mass is 364 g/mol. The number of fused-ring (bicyclic) bond motifs is 1. The highest BCUT2D eigenvalue weighted by molar-refractivity contribution is 9.10. The van der Waals surface area contributed by atoms with Crippen molar-refractivity contribution in [3.8, 4) is 0 Å². The Bertz CT molecular complexity index is 712. The lowest BCUT2D eigenvalue weighted by Gasteiger charge is -2.16. The van der Waals surface area contributed by atoms with Crippen LogP contribution in [0.3, 0.4) is 0 Å². The molecule has 4 nitrogen and oxygen atoms in total. The number of benzene rings is 1. The molecule has 0 radical (unpaired) electrons. The first-order valence-corrected chi connectivity index (χ1v) is 9.10. The van der Waals surface area contributed by atoms with E-state index in [4.69, 9.17) is 11.6 Å². The van der Waals surface area contributed by atoms with Gasteiger partial charge in [0.2, 0.25) is 0 Å². The molecule has 0 amide bonds. The van der Waals surface area contributed by atoms with Gasteiger partial charge in [-0.1, -0.05) is 15.9 Å². The number of nitrogens with zero attached hydrogens (tertiary/aromatic N) is 2. The van der Waals surface area contributed by atoms with Gasteiger partial charge in [-0.15, -0.1) is 11.6 Å². The zero-order valence-electron chi connectivity index (χ0n) is 10.6. The zero-order valence-corrected chi connectivity index (χ0v) is 13.8. The first-order chi connectivity index (χ1) is 8.81. The second-order valence-electron chi connectivity index (χ2n) is 4.61. The van der Waals surface area contributed by atoms with Crippen molar-refractivity contribution in [2.75, 3.05) is 12.0 Å². The average Bonchev–Trinajstić information content (AvgIpc) is 2.63. The van der Waals surface area contributed by atoms with Crippen LogP contribution in [-0.4, -0.2) is 30.0 Å². The number of halogens is 2. The summed E-state index contributed by atoms with van der Waals surface area (Å²) in [6, 6.07) is 5.53. The van der Waals surface area contributed by atoms with E-state index in [9.17, 15) is 8.42 Å². The van der Waals surface area contributed by atoms with Crippen molar-refractivity contribution in [1.29, 1.82) is 0 Å². The van der Waals surface area contributed by atoms with Crippen LogP contribution >= 0.6 is 27.5 Å². The van der Waals surface area contributed by atoms with Crippen LogP contribution in [0.5, 0.6) is 0 Å². The van der Waals surface area contributed by atoms with Crippen molar-refractivity contribution in [3.63, 3.8) is 0 Å². The maximum Gasteiger partial charge on any atom is 0.149 e. The number of alkyl halides is 1. The molecule has 1 aromatic heterocycles. The quantitative estimate of drug-likeness (QED) is 0.782. The SMILES string of the molecule is CC(CS(C)(=O)=O)n1c(CCl)nc2cc(Br)ccc21. The van der Waals surface area contributed by atoms with E-state index in [2.05, 4.69) is 20.9 Å². The summed E-state index contributed by atoms with van der Waals surface area (Å²) in [5.41, 5.74) is 1.71. The highest BCUT2D eigenvalue weighted by atomic mass is 79.9. The lowest BCUT2D eigenvalue weighted by Crippen LogP contribution is -2.18. The van der Waals surface area contributed by atoms with E-state index in [1.807, 2.05) is 29.7 Å². The van der Waals surface area contributed by atoms with Crippen molar-refractivity contribution < 1.29 is 8.42 Å². The molecule has 0 bridgehead atoms. The van der Waals surface area contributed by atoms with Crippen LogP contribution in [0.2, 0.25) is 0 Å². The lowest BCUT2D eigenvalue weighted by molar-refractivity contribution is 0.561. The van der Waals surface area contributed by atoms with Crippen LogP contribution < -0.4 is 0 Å². The van der Waals surface area contributed by atoms with Crippen molar-refractivity contribution in [2.24, 2.45) is 0 Å². The third-order valence-corrected chi connectivity index (χ3v) is 4.65. The molecule has 2 rings (SSSR count). The Hall–Kier alpha value is -0.590. The van der Waals surface area contributed by atoms with Gasteiger partial charge in [0, 0.05) is 16.8 Å². The van der Waals surface area contributed by atoms with Crippen molar-refractivity contribution in [1.82, 2.24) is 9.55 Å². The largest absolute Gasteiger partial charge is 0.323 e. The topological polar surface area (TPSA) is 52.0 Å². The molecule has 7 heteroatoms. The Morgan fingerprint density at radius 1 is 1.47 bits per heavy atom. The number of aromatic nitrogens is 2. The molecule has 0 spiro atoms. The minimum atomic E-state index is -3.05. The maximum atomic E-state index is 11.5. The highest BCUT2D eigenvalue weighted by Gasteiger charge is 2.18. The van der Waals surface area contributed by atoms with Crippen LogP contribution in [0, 0.1) is 0 Å². The van der Waals surface area contributed by atoms with Gasteiger partial charge in [0.15, 0.2) is 0 Å². The van der Waals surface area contributed by atoms with Crippen LogP contribution in [-0.2, 0) is 15.7 Å². The van der Waals surface area contributed by atoms with E-state index in [1.165, 1.54) is 6.26 Å². The van der Waals surface area contributed by atoms with Crippen LogP contribution in [0.1, 0.15) is 18.8 Å². The van der Waals surface area contributed by atoms with Gasteiger partial charge in [-0.05, 0) is 25.1 Å². The van der Waals surface area contributed by atoms with Gasteiger partial charge in [0.25, 0.3) is 0 Å². The molecule has 0 aliphatic rings. The predicted octanol–water partition coefficient (Wildman–Crippen LogP) is 3.14. The van der Waals surface area contributed by atoms with Gasteiger partial charge < -0.3 is 4.57 Å². The molecular formula is C12H14BrClN2O2S. The summed E-state index contributed by atoms with van der Waals surface area (Å²) in [6.45, 7) is 1.86. The molecule has 1 unspecified atom stereocenters. The van der Waals surface area contributed by atoms with Gasteiger partial charge in [0.1, 0.15) is 15.7 Å². The molecule has 0 N–H and O–H groups in total. The Kier molecular flexibility index (Phi) is 4.23. The molecule has 1 atom stereocenters. The highest BCUT2D eigenvalue weighted by Crippen LogP contribution is 2.25. The van der Waals surface area contributed by atoms with Gasteiger partial charge in [-0.25, -0.2) is 13.4 Å². The molecule has 1 aromatic carbocycles. The third kappa shape index (κ3) is 3.30. The second-order valence-corrected chi connectivity index (χ2v) is 7.97. The molecule has 1 heterocycles. The van der Waals surface area contributed by atoms with Gasteiger partial charge in [0.05, 0.1) is 22.7 Å². The van der Waals surface area contributed by atoms with Crippen LogP contribution in [0.15, 0.2) is 22.7 Å². The number of imidazole rings is 1. The maximum absolute atomic E-state index is 11.5. The van der Waals surface area contributed by atoms with E-state index in [0.717, 1.165) is 15.5 Å². The normalized spacial score (nSPS) is 13.9. The van der Waals surface area contributed by atoms with Crippen molar-refractivity contribution in [3.05, 3.63) is 28.5 Å². The Labute approximate surface area is 125 Å². The Balaban J connectivity index is 2.57. The molecular weight excluding hydrogens is 352 g/mol. The van der Waals surface area contributed by atoms with Gasteiger partial charge >= 0.3 is 0 Å². The third-order valence-electron chi connectivity index (χ3n) is 2.83. The molecule has 104 valence electrons. The van der Waals surface area contributed by atoms with Crippen LogP contribution in [0.4, 0.5) is 0 Å². The Morgan fingerprint density at radius 2 is 2.16 bits per heavy atom. The predicted molar refractivity (Wildman–Crippen MR) is 81.4 cm³/mol. The number of rotatable bonds is 4. The summed E-state index contributed by atoms with van der Waals surface area (Å²) < 4.78 is 25.7. The minimum Gasteiger partial charge on any atom is -0.323 e. The van der Waals surface area contributed by atoms with Crippen molar-refractivity contribution >= 4 is 48.4 Å². The lowest BCUT2D eigenvalue weighted by atomic mass is 10.3. The summed E-state index contributed by atoms with van der Waals surface area (Å²) in [7, 11) is -3.05. The molecule has 0 aliphatic carbocycles. The van der Waals surface area contributed by atoms with Gasteiger partial charge in [-0.3, -0.25) is 0 Å². The van der Waals surface area contributed by atoms with Crippen LogP contribution in [0.25, 0.3) is 11.0 Å². The second kappa shape index (κ2) is 5.42. The van der Waals surface area contributed by atoms with E-state index < -0.39 is 9.84 Å². The van der Waals surface area contributed by atoms with E-state index in [0.29, 0.717) is 5.82 Å². The van der Waals surface area contributed by atoms with E-state index in [1.54, 1.807) is 0 Å². The first-order valence-electron chi connectivity index (χ1n) is 5.72. The van der Waals surface area contributed by atoms with Gasteiger partial charge in [-0.2, -0.15) is 0 Å². The summed E-state index contributed by atoms with van der Waals surface area (Å²) >= 11 is 9.31. The number of sulfone groups is 1.